The molecule has 0 aliphatic carbocycles. The first-order valence-electron chi connectivity index (χ1n) is 7.21. The third kappa shape index (κ3) is 6.22. The molecular weight excluding hydrogens is 346 g/mol. The molecule has 0 aromatic rings. The van der Waals surface area contributed by atoms with Crippen LogP contribution in [0.1, 0.15) is 32.6 Å². The molecule has 3 amide bonds. The van der Waals surface area contributed by atoms with Gasteiger partial charge in [-0.05, 0) is 0 Å². The van der Waals surface area contributed by atoms with Crippen molar-refractivity contribution >= 4 is 34.0 Å². The zero-order valence-corrected chi connectivity index (χ0v) is 13.9. The number of hydroxylamine groups is 2. The minimum absolute atomic E-state index is 0.0510. The van der Waals surface area contributed by atoms with Crippen LogP contribution in [0.2, 0.25) is 0 Å². The van der Waals surface area contributed by atoms with Crippen LogP contribution in [0.15, 0.2) is 0 Å². The van der Waals surface area contributed by atoms with Crippen molar-refractivity contribution in [3.05, 3.63) is 0 Å². The summed E-state index contributed by atoms with van der Waals surface area (Å²) >= 11 is 0. The molecule has 11 nitrogen and oxygen atoms in total. The first kappa shape index (κ1) is 20.0. The van der Waals surface area contributed by atoms with Gasteiger partial charge in [-0.1, -0.05) is 6.92 Å². The van der Waals surface area contributed by atoms with Crippen molar-refractivity contribution in [3.8, 4) is 0 Å². The van der Waals surface area contributed by atoms with Crippen molar-refractivity contribution in [2.45, 2.75) is 32.6 Å². The van der Waals surface area contributed by atoms with Crippen LogP contribution in [0.25, 0.3) is 0 Å². The van der Waals surface area contributed by atoms with Gasteiger partial charge in [0.2, 0.25) is 5.91 Å². The topological polar surface area (TPSA) is 150 Å². The lowest BCUT2D eigenvalue weighted by Crippen LogP contribution is -2.40. The van der Waals surface area contributed by atoms with E-state index in [2.05, 4.69) is 10.2 Å². The van der Waals surface area contributed by atoms with E-state index < -0.39 is 41.1 Å². The SMILES string of the molecule is CCC(=O)NCCN(CCC(=O)ON1C(=O)CCC1=O)S(=O)(=O)O. The maximum absolute atomic E-state index is 11.6. The summed E-state index contributed by atoms with van der Waals surface area (Å²) in [6, 6.07) is 0. The minimum atomic E-state index is -4.59. The Hall–Kier alpha value is -2.05. The molecule has 1 aliphatic rings. The Morgan fingerprint density at radius 2 is 1.83 bits per heavy atom. The largest absolute Gasteiger partial charge is 0.355 e. The number of hydrogen-bond donors (Lipinski definition) is 2. The summed E-state index contributed by atoms with van der Waals surface area (Å²) in [5.41, 5.74) is 0. The van der Waals surface area contributed by atoms with Gasteiger partial charge in [-0.25, -0.2) is 4.79 Å². The van der Waals surface area contributed by atoms with Gasteiger partial charge in [0.1, 0.15) is 0 Å². The highest BCUT2D eigenvalue weighted by molar-refractivity contribution is 7.83. The van der Waals surface area contributed by atoms with E-state index in [9.17, 15) is 27.6 Å². The van der Waals surface area contributed by atoms with Crippen molar-refractivity contribution in [1.29, 1.82) is 0 Å². The van der Waals surface area contributed by atoms with Gasteiger partial charge in [-0.2, -0.15) is 12.7 Å². The molecule has 24 heavy (non-hydrogen) atoms. The third-order valence-electron chi connectivity index (χ3n) is 3.09. The Balaban J connectivity index is 2.49. The molecule has 1 aliphatic heterocycles. The van der Waals surface area contributed by atoms with Gasteiger partial charge in [-0.3, -0.25) is 18.9 Å². The van der Waals surface area contributed by atoms with Crippen LogP contribution in [0, 0.1) is 0 Å². The van der Waals surface area contributed by atoms with Crippen LogP contribution in [0.5, 0.6) is 0 Å². The quantitative estimate of drug-likeness (QED) is 0.375. The summed E-state index contributed by atoms with van der Waals surface area (Å²) in [5, 5.41) is 2.77. The second-order valence-electron chi connectivity index (χ2n) is 4.88. The van der Waals surface area contributed by atoms with E-state index in [4.69, 9.17) is 4.55 Å². The average Bonchev–Trinajstić information content (AvgIpc) is 2.80. The van der Waals surface area contributed by atoms with Gasteiger partial charge in [0.15, 0.2) is 0 Å². The molecule has 0 bridgehead atoms. The zero-order chi connectivity index (χ0) is 18.3. The fraction of sp³-hybridized carbons (Fsp3) is 0.667. The second kappa shape index (κ2) is 8.70. The minimum Gasteiger partial charge on any atom is -0.355 e. The van der Waals surface area contributed by atoms with E-state index in [0.717, 1.165) is 0 Å². The Bertz CT molecular complexity index is 602. The molecular formula is C12H19N3O8S. The van der Waals surface area contributed by atoms with E-state index in [1.54, 1.807) is 6.92 Å². The van der Waals surface area contributed by atoms with E-state index in [-0.39, 0.29) is 38.3 Å². The van der Waals surface area contributed by atoms with Crippen molar-refractivity contribution in [1.82, 2.24) is 14.7 Å². The van der Waals surface area contributed by atoms with Gasteiger partial charge in [0.05, 0.1) is 6.42 Å². The molecule has 2 N–H and O–H groups in total. The number of nitrogens with one attached hydrogen (secondary N) is 1. The zero-order valence-electron chi connectivity index (χ0n) is 13.1. The average molecular weight is 365 g/mol. The second-order valence-corrected chi connectivity index (χ2v) is 6.29. The van der Waals surface area contributed by atoms with Crippen LogP contribution in [0.3, 0.4) is 0 Å². The highest BCUT2D eigenvalue weighted by Crippen LogP contribution is 2.12. The lowest BCUT2D eigenvalue weighted by atomic mass is 10.4. The van der Waals surface area contributed by atoms with E-state index in [1.165, 1.54) is 0 Å². The Morgan fingerprint density at radius 3 is 2.33 bits per heavy atom. The highest BCUT2D eigenvalue weighted by Gasteiger charge is 2.33. The fourth-order valence-electron chi connectivity index (χ4n) is 1.81. The molecule has 0 aromatic heterocycles. The summed E-state index contributed by atoms with van der Waals surface area (Å²) < 4.78 is 32.1. The normalized spacial score (nSPS) is 15.0. The van der Waals surface area contributed by atoms with Crippen molar-refractivity contribution in [2.24, 2.45) is 0 Å². The number of amides is 3. The molecule has 1 fully saturated rings. The number of hydrogen-bond acceptors (Lipinski definition) is 7. The molecule has 12 heteroatoms. The van der Waals surface area contributed by atoms with Crippen LogP contribution < -0.4 is 5.32 Å². The Kier molecular flexibility index (Phi) is 7.25. The first-order chi connectivity index (χ1) is 11.1. The number of carbonyl (C=O) groups excluding carboxylic acids is 4. The molecule has 0 saturated carbocycles. The predicted octanol–water partition coefficient (Wildman–Crippen LogP) is -1.39. The molecule has 0 unspecified atom stereocenters. The van der Waals surface area contributed by atoms with Crippen LogP contribution in [-0.2, 0) is 34.3 Å². The fourth-order valence-corrected chi connectivity index (χ4v) is 2.45. The standard InChI is InChI=1S/C12H19N3O8S/c1-2-9(16)13-6-8-14(24(20,21)22)7-5-12(19)23-15-10(17)3-4-11(15)18/h2-8H2,1H3,(H,13,16)(H,20,21,22). The van der Waals surface area contributed by atoms with Gasteiger partial charge in [0, 0.05) is 38.9 Å². The van der Waals surface area contributed by atoms with Gasteiger partial charge in [-0.15, -0.1) is 5.06 Å². The maximum atomic E-state index is 11.6. The van der Waals surface area contributed by atoms with Crippen LogP contribution >= 0.6 is 0 Å². The maximum Gasteiger partial charge on any atom is 0.335 e. The summed E-state index contributed by atoms with van der Waals surface area (Å²) in [7, 11) is -4.59. The molecule has 1 saturated heterocycles. The van der Waals surface area contributed by atoms with Crippen molar-refractivity contribution in [3.63, 3.8) is 0 Å². The molecule has 136 valence electrons. The lowest BCUT2D eigenvalue weighted by Gasteiger charge is -2.19. The van der Waals surface area contributed by atoms with Gasteiger partial charge >= 0.3 is 16.3 Å². The number of rotatable bonds is 9. The van der Waals surface area contributed by atoms with Gasteiger partial charge in [0.25, 0.3) is 11.8 Å². The molecule has 1 rings (SSSR count). The summed E-state index contributed by atoms with van der Waals surface area (Å²) in [4.78, 5) is 49.9. The highest BCUT2D eigenvalue weighted by atomic mass is 32.2. The Morgan fingerprint density at radius 1 is 1.25 bits per heavy atom. The molecule has 0 spiro atoms. The van der Waals surface area contributed by atoms with E-state index >= 15 is 0 Å². The Labute approximate surface area is 138 Å². The number of carbonyl (C=O) groups is 4. The number of nitrogens with zero attached hydrogens (tertiary/aromatic N) is 2. The van der Waals surface area contributed by atoms with Crippen molar-refractivity contribution < 1.29 is 37.0 Å². The lowest BCUT2D eigenvalue weighted by molar-refractivity contribution is -0.197. The van der Waals surface area contributed by atoms with Crippen LogP contribution in [0.4, 0.5) is 0 Å². The van der Waals surface area contributed by atoms with E-state index in [0.29, 0.717) is 9.37 Å². The number of imide groups is 1. The molecule has 0 radical (unpaired) electrons. The van der Waals surface area contributed by atoms with Crippen LogP contribution in [-0.4, -0.2) is 65.7 Å². The summed E-state index contributed by atoms with van der Waals surface area (Å²) in [6.45, 7) is 0.882. The molecule has 0 aromatic carbocycles. The predicted molar refractivity (Wildman–Crippen MR) is 78.2 cm³/mol. The summed E-state index contributed by atoms with van der Waals surface area (Å²) in [6.07, 6.45) is -0.380. The van der Waals surface area contributed by atoms with Gasteiger partial charge < -0.3 is 10.2 Å². The third-order valence-corrected chi connectivity index (χ3v) is 4.11. The molecule has 1 heterocycles. The smallest absolute Gasteiger partial charge is 0.335 e. The monoisotopic (exact) mass is 365 g/mol. The first-order valence-corrected chi connectivity index (χ1v) is 8.60. The van der Waals surface area contributed by atoms with E-state index in [1.807, 2.05) is 0 Å². The van der Waals surface area contributed by atoms with Crippen molar-refractivity contribution in [2.75, 3.05) is 19.6 Å². The summed E-state index contributed by atoms with van der Waals surface area (Å²) in [5.74, 6) is -2.59. The molecule has 0 atom stereocenters.